The van der Waals surface area contributed by atoms with Crippen molar-refractivity contribution in [3.63, 3.8) is 0 Å². The molecule has 0 saturated carbocycles. The van der Waals surface area contributed by atoms with E-state index in [2.05, 4.69) is 27.1 Å². The highest BCUT2D eigenvalue weighted by molar-refractivity contribution is 5.61. The fourth-order valence-corrected chi connectivity index (χ4v) is 3.66. The molecule has 0 fully saturated rings. The number of fused-ring (bicyclic) bond motifs is 1. The number of likely N-dealkylation sites (N-methyl/N-ethyl adjacent to an activating group) is 1. The van der Waals surface area contributed by atoms with Gasteiger partial charge in [0.1, 0.15) is 5.75 Å². The highest BCUT2D eigenvalue weighted by Crippen LogP contribution is 2.29. The van der Waals surface area contributed by atoms with Crippen molar-refractivity contribution in [2.75, 3.05) is 36.6 Å². The highest BCUT2D eigenvalue weighted by atomic mass is 16.3. The lowest BCUT2D eigenvalue weighted by Crippen LogP contribution is -2.44. The molecule has 30 heavy (non-hydrogen) atoms. The van der Waals surface area contributed by atoms with Crippen molar-refractivity contribution in [3.05, 3.63) is 59.7 Å². The molecule has 1 atom stereocenters. The second kappa shape index (κ2) is 8.64. The third-order valence-corrected chi connectivity index (χ3v) is 5.32. The van der Waals surface area contributed by atoms with Gasteiger partial charge in [-0.3, -0.25) is 0 Å². The Morgan fingerprint density at radius 3 is 2.57 bits per heavy atom. The van der Waals surface area contributed by atoms with E-state index < -0.39 is 0 Å². The van der Waals surface area contributed by atoms with E-state index in [1.807, 2.05) is 23.1 Å². The zero-order valence-electron chi connectivity index (χ0n) is 16.8. The van der Waals surface area contributed by atoms with Crippen molar-refractivity contribution in [2.45, 2.75) is 19.0 Å². The maximum atomic E-state index is 10.0. The van der Waals surface area contributed by atoms with Gasteiger partial charge in [0.15, 0.2) is 5.82 Å². The van der Waals surface area contributed by atoms with E-state index in [0.29, 0.717) is 42.8 Å². The van der Waals surface area contributed by atoms with Crippen molar-refractivity contribution in [1.29, 1.82) is 0 Å². The fourth-order valence-electron chi connectivity index (χ4n) is 3.66. The van der Waals surface area contributed by atoms with Gasteiger partial charge in [0.2, 0.25) is 11.9 Å². The summed E-state index contributed by atoms with van der Waals surface area (Å²) in [7, 11) is 1.80. The number of rotatable bonds is 6. The molecule has 8 nitrogen and oxygen atoms in total. The van der Waals surface area contributed by atoms with Gasteiger partial charge in [0.25, 0.3) is 0 Å². The van der Waals surface area contributed by atoms with Crippen LogP contribution in [0.5, 0.6) is 5.75 Å². The molecule has 8 heteroatoms. The number of phenols is 1. The van der Waals surface area contributed by atoms with Crippen LogP contribution in [0, 0.1) is 0 Å². The van der Waals surface area contributed by atoms with Crippen LogP contribution < -0.4 is 9.80 Å². The second-order valence-electron chi connectivity index (χ2n) is 7.39. The SMILES string of the molecule is CN(CCO)c1nc(-c2cccc(O)c2)nc(N2Cc3ccccc3C[C@@H]2CO)n1. The van der Waals surface area contributed by atoms with Crippen molar-refractivity contribution in [3.8, 4) is 17.1 Å². The molecule has 0 radical (unpaired) electrons. The monoisotopic (exact) mass is 407 g/mol. The van der Waals surface area contributed by atoms with Crippen LogP contribution >= 0.6 is 0 Å². The Balaban J connectivity index is 1.80. The van der Waals surface area contributed by atoms with Gasteiger partial charge in [-0.05, 0) is 29.7 Å². The minimum Gasteiger partial charge on any atom is -0.508 e. The van der Waals surface area contributed by atoms with Gasteiger partial charge in [0, 0.05) is 25.7 Å². The van der Waals surface area contributed by atoms with E-state index in [0.717, 1.165) is 0 Å². The lowest BCUT2D eigenvalue weighted by Gasteiger charge is -2.36. The van der Waals surface area contributed by atoms with Crippen molar-refractivity contribution >= 4 is 11.9 Å². The molecular weight excluding hydrogens is 382 g/mol. The predicted octanol–water partition coefficient (Wildman–Crippen LogP) is 1.60. The quantitative estimate of drug-likeness (QED) is 0.566. The minimum atomic E-state index is -0.157. The number of anilines is 2. The van der Waals surface area contributed by atoms with Gasteiger partial charge in [-0.25, -0.2) is 0 Å². The molecule has 0 unspecified atom stereocenters. The van der Waals surface area contributed by atoms with Crippen molar-refractivity contribution in [2.24, 2.45) is 0 Å². The van der Waals surface area contributed by atoms with Gasteiger partial charge < -0.3 is 25.1 Å². The molecule has 3 N–H and O–H groups in total. The highest BCUT2D eigenvalue weighted by Gasteiger charge is 2.28. The smallest absolute Gasteiger partial charge is 0.231 e. The summed E-state index contributed by atoms with van der Waals surface area (Å²) in [5.41, 5.74) is 3.05. The number of hydrogen-bond acceptors (Lipinski definition) is 8. The minimum absolute atomic E-state index is 0.0245. The zero-order valence-corrected chi connectivity index (χ0v) is 16.8. The molecule has 156 valence electrons. The first-order valence-corrected chi connectivity index (χ1v) is 9.91. The topological polar surface area (TPSA) is 106 Å². The lowest BCUT2D eigenvalue weighted by molar-refractivity contribution is 0.252. The van der Waals surface area contributed by atoms with E-state index in [9.17, 15) is 15.3 Å². The molecule has 1 aliphatic rings. The molecule has 0 aliphatic carbocycles. The van der Waals surface area contributed by atoms with E-state index in [1.54, 1.807) is 30.1 Å². The average molecular weight is 407 g/mol. The number of benzene rings is 2. The fraction of sp³-hybridized carbons (Fsp3) is 0.318. The van der Waals surface area contributed by atoms with Crippen LogP contribution in [0.3, 0.4) is 0 Å². The van der Waals surface area contributed by atoms with Crippen LogP contribution in [-0.2, 0) is 13.0 Å². The Labute approximate surface area is 175 Å². The first-order valence-electron chi connectivity index (χ1n) is 9.91. The molecule has 1 aliphatic heterocycles. The largest absolute Gasteiger partial charge is 0.508 e. The Morgan fingerprint density at radius 2 is 1.83 bits per heavy atom. The number of phenolic OH excluding ortho intramolecular Hbond substituents is 1. The summed E-state index contributed by atoms with van der Waals surface area (Å²) < 4.78 is 0. The van der Waals surface area contributed by atoms with Crippen LogP contribution in [-0.4, -0.2) is 63.1 Å². The average Bonchev–Trinajstić information content (AvgIpc) is 2.78. The molecule has 0 amide bonds. The van der Waals surface area contributed by atoms with Gasteiger partial charge in [-0.2, -0.15) is 15.0 Å². The third-order valence-electron chi connectivity index (χ3n) is 5.32. The standard InChI is InChI=1S/C22H25N5O3/c1-26(9-10-28)21-23-20(16-7-4-8-19(30)12-16)24-22(25-21)27-13-17-6-3-2-5-15(17)11-18(27)14-29/h2-8,12,18,28-30H,9-11,13-14H2,1H3/t18-/m1/s1. The molecule has 4 rings (SSSR count). The van der Waals surface area contributed by atoms with E-state index >= 15 is 0 Å². The molecule has 1 aromatic heterocycles. The molecule has 0 spiro atoms. The summed E-state index contributed by atoms with van der Waals surface area (Å²) in [5.74, 6) is 1.42. The molecular formula is C22H25N5O3. The van der Waals surface area contributed by atoms with Crippen LogP contribution in [0.4, 0.5) is 11.9 Å². The van der Waals surface area contributed by atoms with Crippen molar-refractivity contribution in [1.82, 2.24) is 15.0 Å². The lowest BCUT2D eigenvalue weighted by atomic mass is 9.94. The molecule has 3 aromatic rings. The number of nitrogens with zero attached hydrogens (tertiary/aromatic N) is 5. The molecule has 0 saturated heterocycles. The summed E-state index contributed by atoms with van der Waals surface area (Å²) in [6.45, 7) is 0.891. The molecule has 2 heterocycles. The molecule has 2 aromatic carbocycles. The van der Waals surface area contributed by atoms with Gasteiger partial charge in [0.05, 0.1) is 19.3 Å². The summed E-state index contributed by atoms with van der Waals surface area (Å²) in [6, 6.07) is 14.8. The maximum Gasteiger partial charge on any atom is 0.231 e. The maximum absolute atomic E-state index is 10.0. The number of aliphatic hydroxyl groups excluding tert-OH is 2. The van der Waals surface area contributed by atoms with E-state index in [-0.39, 0.29) is 25.0 Å². The zero-order chi connectivity index (χ0) is 21.1. The van der Waals surface area contributed by atoms with Crippen LogP contribution in [0.1, 0.15) is 11.1 Å². The summed E-state index contributed by atoms with van der Waals surface area (Å²) >= 11 is 0. The van der Waals surface area contributed by atoms with Crippen LogP contribution in [0.15, 0.2) is 48.5 Å². The normalized spacial score (nSPS) is 15.7. The van der Waals surface area contributed by atoms with Gasteiger partial charge in [-0.15, -0.1) is 0 Å². The Hall–Kier alpha value is -3.23. The Kier molecular flexibility index (Phi) is 5.78. The van der Waals surface area contributed by atoms with Gasteiger partial charge in [-0.1, -0.05) is 36.4 Å². The van der Waals surface area contributed by atoms with Gasteiger partial charge >= 0.3 is 0 Å². The predicted molar refractivity (Wildman–Crippen MR) is 114 cm³/mol. The first-order chi connectivity index (χ1) is 14.6. The Bertz CT molecular complexity index is 1030. The van der Waals surface area contributed by atoms with Crippen LogP contribution in [0.2, 0.25) is 0 Å². The number of aliphatic hydroxyl groups is 2. The van der Waals surface area contributed by atoms with E-state index in [4.69, 9.17) is 0 Å². The van der Waals surface area contributed by atoms with Crippen LogP contribution in [0.25, 0.3) is 11.4 Å². The summed E-state index contributed by atoms with van der Waals surface area (Å²) in [6.07, 6.45) is 0.696. The third kappa shape index (κ3) is 4.05. The Morgan fingerprint density at radius 1 is 1.03 bits per heavy atom. The number of hydrogen-bond donors (Lipinski definition) is 3. The second-order valence-corrected chi connectivity index (χ2v) is 7.39. The van der Waals surface area contributed by atoms with Crippen molar-refractivity contribution < 1.29 is 15.3 Å². The summed E-state index contributed by atoms with van der Waals surface area (Å²) in [4.78, 5) is 17.6. The molecule has 0 bridgehead atoms. The number of aromatic hydroxyl groups is 1. The first kappa shape index (κ1) is 20.1. The summed E-state index contributed by atoms with van der Waals surface area (Å²) in [5, 5.41) is 29.3. The van der Waals surface area contributed by atoms with E-state index in [1.165, 1.54) is 11.1 Å². The number of aromatic nitrogens is 3.